The number of hydrogen-bond donors (Lipinski definition) is 0. The van der Waals surface area contributed by atoms with Crippen molar-refractivity contribution < 1.29 is 8.83 Å². The third kappa shape index (κ3) is 2.72. The highest BCUT2D eigenvalue weighted by atomic mass is 28.3. The van der Waals surface area contributed by atoms with Crippen molar-refractivity contribution in [1.29, 1.82) is 0 Å². The zero-order valence-corrected chi connectivity index (χ0v) is 19.8. The van der Waals surface area contributed by atoms with Crippen LogP contribution < -0.4 is 15.3 Å². The molecule has 6 aromatic rings. The molecule has 0 unspecified atom stereocenters. The van der Waals surface area contributed by atoms with E-state index in [1.807, 2.05) is 42.5 Å². The summed E-state index contributed by atoms with van der Waals surface area (Å²) >= 11 is 0. The quantitative estimate of drug-likeness (QED) is 0.287. The maximum Gasteiger partial charge on any atom is 0.307 e. The SMILES string of the molecule is C[Si]1(C)c2ccccc2N(c2nc3cc4oc(-c5ccccc5)nc4cc3o2)c2ccccc21. The zero-order valence-electron chi connectivity index (χ0n) is 18.8. The Hall–Kier alpha value is -4.16. The maximum atomic E-state index is 6.36. The molecule has 6 heteroatoms. The number of aromatic nitrogens is 2. The van der Waals surface area contributed by atoms with Gasteiger partial charge in [0.25, 0.3) is 0 Å². The van der Waals surface area contributed by atoms with Crippen molar-refractivity contribution >= 4 is 58.0 Å². The molecule has 0 fully saturated rings. The minimum Gasteiger partial charge on any atom is -0.436 e. The predicted octanol–water partition coefficient (Wildman–Crippen LogP) is 6.24. The number of rotatable bonds is 2. The van der Waals surface area contributed by atoms with Crippen molar-refractivity contribution in [2.75, 3.05) is 4.90 Å². The fourth-order valence-corrected chi connectivity index (χ4v) is 8.00. The normalized spacial score (nSPS) is 14.4. The molecule has 0 radical (unpaired) electrons. The van der Waals surface area contributed by atoms with Gasteiger partial charge in [0.2, 0.25) is 5.89 Å². The van der Waals surface area contributed by atoms with Crippen LogP contribution in [0.15, 0.2) is 99.8 Å². The molecule has 0 saturated carbocycles. The first-order valence-electron chi connectivity index (χ1n) is 11.4. The molecule has 1 aliphatic rings. The molecule has 0 bridgehead atoms. The van der Waals surface area contributed by atoms with Gasteiger partial charge in [0.15, 0.2) is 11.2 Å². The second-order valence-corrected chi connectivity index (χ2v) is 13.5. The molecule has 0 saturated heterocycles. The van der Waals surface area contributed by atoms with Crippen LogP contribution in [0.1, 0.15) is 0 Å². The molecule has 1 aliphatic heterocycles. The molecule has 7 rings (SSSR count). The van der Waals surface area contributed by atoms with E-state index >= 15 is 0 Å². The first-order chi connectivity index (χ1) is 16.6. The lowest BCUT2D eigenvalue weighted by Gasteiger charge is -2.38. The van der Waals surface area contributed by atoms with Crippen LogP contribution in [0.5, 0.6) is 0 Å². The van der Waals surface area contributed by atoms with Crippen LogP contribution in [0, 0.1) is 0 Å². The molecule has 2 aromatic heterocycles. The summed E-state index contributed by atoms with van der Waals surface area (Å²) in [4.78, 5) is 11.7. The van der Waals surface area contributed by atoms with E-state index in [4.69, 9.17) is 13.8 Å². The highest BCUT2D eigenvalue weighted by Gasteiger charge is 2.39. The lowest BCUT2D eigenvalue weighted by molar-refractivity contribution is 0.608. The fourth-order valence-electron chi connectivity index (χ4n) is 5.01. The van der Waals surface area contributed by atoms with Gasteiger partial charge in [0, 0.05) is 17.7 Å². The molecule has 164 valence electrons. The standard InChI is InChI=1S/C28H21N3O2Si/c1-34(2)25-14-8-6-12-21(25)31(22-13-7-9-15-26(22)34)28-30-20-17-23-19(16-24(20)33-28)29-27(32-23)18-10-4-3-5-11-18/h3-17H,1-2H3. The molecule has 0 atom stereocenters. The van der Waals surface area contributed by atoms with Gasteiger partial charge in [-0.1, -0.05) is 67.7 Å². The summed E-state index contributed by atoms with van der Waals surface area (Å²) in [5.41, 5.74) is 6.09. The summed E-state index contributed by atoms with van der Waals surface area (Å²) in [7, 11) is -1.85. The summed E-state index contributed by atoms with van der Waals surface area (Å²) in [5, 5.41) is 2.75. The van der Waals surface area contributed by atoms with Crippen molar-refractivity contribution in [1.82, 2.24) is 9.97 Å². The van der Waals surface area contributed by atoms with Gasteiger partial charge in [-0.15, -0.1) is 0 Å². The van der Waals surface area contributed by atoms with E-state index in [-0.39, 0.29) is 0 Å². The van der Waals surface area contributed by atoms with Gasteiger partial charge in [-0.05, 0) is 34.6 Å². The van der Waals surface area contributed by atoms with Crippen LogP contribution in [0.25, 0.3) is 33.7 Å². The highest BCUT2D eigenvalue weighted by Crippen LogP contribution is 2.39. The van der Waals surface area contributed by atoms with E-state index in [2.05, 4.69) is 71.5 Å². The van der Waals surface area contributed by atoms with E-state index in [1.165, 1.54) is 10.4 Å². The Morgan fingerprint density at radius 2 is 1.21 bits per heavy atom. The lowest BCUT2D eigenvalue weighted by Crippen LogP contribution is -2.58. The number of fused-ring (bicyclic) bond motifs is 4. The third-order valence-electron chi connectivity index (χ3n) is 6.74. The lowest BCUT2D eigenvalue weighted by atomic mass is 10.2. The van der Waals surface area contributed by atoms with Crippen LogP contribution in [0.2, 0.25) is 13.1 Å². The summed E-state index contributed by atoms with van der Waals surface area (Å²) in [6.45, 7) is 4.80. The Balaban J connectivity index is 1.40. The van der Waals surface area contributed by atoms with Gasteiger partial charge in [0.05, 0.1) is 11.4 Å². The van der Waals surface area contributed by atoms with Gasteiger partial charge in [0.1, 0.15) is 19.1 Å². The van der Waals surface area contributed by atoms with Crippen molar-refractivity contribution in [3.8, 4) is 11.5 Å². The largest absolute Gasteiger partial charge is 0.436 e. The van der Waals surface area contributed by atoms with E-state index in [1.54, 1.807) is 0 Å². The molecule has 4 aromatic carbocycles. The number of para-hydroxylation sites is 2. The average Bonchev–Trinajstić information content (AvgIpc) is 3.46. The molecule has 0 amide bonds. The molecule has 0 N–H and O–H groups in total. The van der Waals surface area contributed by atoms with Gasteiger partial charge in [-0.3, -0.25) is 4.90 Å². The monoisotopic (exact) mass is 459 g/mol. The molecule has 0 spiro atoms. The van der Waals surface area contributed by atoms with Gasteiger partial charge in [-0.2, -0.15) is 4.98 Å². The van der Waals surface area contributed by atoms with Crippen LogP contribution in [-0.4, -0.2) is 18.0 Å². The Labute approximate surface area is 197 Å². The third-order valence-corrected chi connectivity index (χ3v) is 10.3. The fraction of sp³-hybridized carbons (Fsp3) is 0.0714. The Morgan fingerprint density at radius 1 is 0.647 bits per heavy atom. The number of anilines is 3. The van der Waals surface area contributed by atoms with Crippen molar-refractivity contribution in [2.45, 2.75) is 13.1 Å². The van der Waals surface area contributed by atoms with Crippen LogP contribution in [0.4, 0.5) is 17.4 Å². The summed E-state index contributed by atoms with van der Waals surface area (Å²) in [6.07, 6.45) is 0. The molecule has 0 aliphatic carbocycles. The Morgan fingerprint density at radius 3 is 1.88 bits per heavy atom. The zero-order chi connectivity index (χ0) is 22.9. The number of benzene rings is 4. The predicted molar refractivity (Wildman–Crippen MR) is 138 cm³/mol. The minimum absolute atomic E-state index is 0.551. The van der Waals surface area contributed by atoms with E-state index < -0.39 is 8.07 Å². The minimum atomic E-state index is -1.85. The van der Waals surface area contributed by atoms with Crippen molar-refractivity contribution in [2.24, 2.45) is 0 Å². The molecular weight excluding hydrogens is 438 g/mol. The first-order valence-corrected chi connectivity index (χ1v) is 14.4. The second kappa shape index (κ2) is 6.92. The maximum absolute atomic E-state index is 6.36. The Kier molecular flexibility index (Phi) is 3.93. The average molecular weight is 460 g/mol. The van der Waals surface area contributed by atoms with Crippen molar-refractivity contribution in [3.63, 3.8) is 0 Å². The number of oxazole rings is 2. The van der Waals surface area contributed by atoms with Crippen LogP contribution >= 0.6 is 0 Å². The molecule has 5 nitrogen and oxygen atoms in total. The van der Waals surface area contributed by atoms with Gasteiger partial charge in [-0.25, -0.2) is 4.98 Å². The summed E-state index contributed by atoms with van der Waals surface area (Å²) in [6, 6.07) is 31.5. The highest BCUT2D eigenvalue weighted by molar-refractivity contribution is 7.02. The Bertz CT molecular complexity index is 1600. The molecule has 34 heavy (non-hydrogen) atoms. The van der Waals surface area contributed by atoms with E-state index in [0.29, 0.717) is 23.1 Å². The number of hydrogen-bond acceptors (Lipinski definition) is 5. The summed E-state index contributed by atoms with van der Waals surface area (Å²) in [5.74, 6) is 0.592. The molecule has 3 heterocycles. The van der Waals surface area contributed by atoms with E-state index in [0.717, 1.165) is 28.0 Å². The summed E-state index contributed by atoms with van der Waals surface area (Å²) < 4.78 is 12.4. The smallest absolute Gasteiger partial charge is 0.307 e. The number of nitrogens with zero attached hydrogens (tertiary/aromatic N) is 3. The van der Waals surface area contributed by atoms with Crippen LogP contribution in [-0.2, 0) is 0 Å². The van der Waals surface area contributed by atoms with Gasteiger partial charge >= 0.3 is 6.01 Å². The van der Waals surface area contributed by atoms with E-state index in [9.17, 15) is 0 Å². The van der Waals surface area contributed by atoms with Gasteiger partial charge < -0.3 is 8.83 Å². The second-order valence-electron chi connectivity index (χ2n) is 9.16. The first kappa shape index (κ1) is 19.3. The van der Waals surface area contributed by atoms with Crippen molar-refractivity contribution in [3.05, 3.63) is 91.0 Å². The topological polar surface area (TPSA) is 55.3 Å². The van der Waals surface area contributed by atoms with Crippen LogP contribution in [0.3, 0.4) is 0 Å². The molecular formula is C28H21N3O2Si.